The molecule has 0 unspecified atom stereocenters. The van der Waals surface area contributed by atoms with Gasteiger partial charge in [0.15, 0.2) is 4.34 Å². The van der Waals surface area contributed by atoms with Gasteiger partial charge in [-0.2, -0.15) is 0 Å². The topological polar surface area (TPSA) is 102 Å². The Morgan fingerprint density at radius 1 is 0.946 bits per heavy atom. The molecule has 4 aromatic rings. The van der Waals surface area contributed by atoms with Gasteiger partial charge in [-0.1, -0.05) is 65.6 Å². The molecular formula is C27H24N4O4S2. The number of carbonyl (C=O) groups is 2. The second-order valence-corrected chi connectivity index (χ2v) is 9.81. The van der Waals surface area contributed by atoms with E-state index >= 15 is 0 Å². The Labute approximate surface area is 222 Å². The third kappa shape index (κ3) is 7.42. The van der Waals surface area contributed by atoms with Gasteiger partial charge in [-0.25, -0.2) is 0 Å². The van der Waals surface area contributed by atoms with Crippen LogP contribution in [0.2, 0.25) is 0 Å². The lowest BCUT2D eigenvalue weighted by molar-refractivity contribution is -0.111. The standard InChI is InChI=1S/C27H24N4O4S2/c1-34-21-13-14-23(35-2)22(16-21)28-25(33)20-11-8-19(9-12-20)17-36-27-31-30-26(37-27)29-24(32)15-10-18-6-4-3-5-7-18/h3-16H,17H2,1-2H3,(H,28,33)(H,29,30,32)/b15-10+. The summed E-state index contributed by atoms with van der Waals surface area (Å²) >= 11 is 2.81. The van der Waals surface area contributed by atoms with E-state index in [0.29, 0.717) is 33.6 Å². The smallest absolute Gasteiger partial charge is 0.255 e. The number of aromatic nitrogens is 2. The lowest BCUT2D eigenvalue weighted by Crippen LogP contribution is -2.12. The predicted molar refractivity (Wildman–Crippen MR) is 148 cm³/mol. The maximum Gasteiger partial charge on any atom is 0.255 e. The van der Waals surface area contributed by atoms with Gasteiger partial charge in [0.25, 0.3) is 5.91 Å². The molecule has 8 nitrogen and oxygen atoms in total. The molecule has 188 valence electrons. The van der Waals surface area contributed by atoms with Gasteiger partial charge in [0.05, 0.1) is 19.9 Å². The van der Waals surface area contributed by atoms with Gasteiger partial charge in [-0.3, -0.25) is 14.9 Å². The van der Waals surface area contributed by atoms with Crippen molar-refractivity contribution in [3.63, 3.8) is 0 Å². The first-order valence-corrected chi connectivity index (χ1v) is 13.0. The second kappa shape index (κ2) is 12.7. The molecule has 1 aromatic heterocycles. The minimum atomic E-state index is -0.267. The molecule has 0 aliphatic carbocycles. The highest BCUT2D eigenvalue weighted by Gasteiger charge is 2.12. The molecule has 4 rings (SSSR count). The molecule has 0 spiro atoms. The molecule has 0 saturated carbocycles. The number of rotatable bonds is 10. The minimum absolute atomic E-state index is 0.253. The molecule has 0 atom stereocenters. The first-order chi connectivity index (χ1) is 18.0. The Bertz CT molecular complexity index is 1390. The molecule has 0 bridgehead atoms. The predicted octanol–water partition coefficient (Wildman–Crippen LogP) is 5.75. The lowest BCUT2D eigenvalue weighted by Gasteiger charge is -2.12. The van der Waals surface area contributed by atoms with Gasteiger partial charge in [0.2, 0.25) is 11.0 Å². The van der Waals surface area contributed by atoms with Crippen molar-refractivity contribution in [1.82, 2.24) is 10.2 Å². The van der Waals surface area contributed by atoms with E-state index in [1.807, 2.05) is 42.5 Å². The number of nitrogens with one attached hydrogen (secondary N) is 2. The summed E-state index contributed by atoms with van der Waals surface area (Å²) in [6.07, 6.45) is 3.20. The zero-order valence-corrected chi connectivity index (χ0v) is 21.8. The Balaban J connectivity index is 1.29. The van der Waals surface area contributed by atoms with Crippen LogP contribution in [0.25, 0.3) is 6.08 Å². The summed E-state index contributed by atoms with van der Waals surface area (Å²) in [5.74, 6) is 1.28. The maximum absolute atomic E-state index is 12.7. The molecule has 2 N–H and O–H groups in total. The van der Waals surface area contributed by atoms with Crippen LogP contribution in [0.4, 0.5) is 10.8 Å². The van der Waals surface area contributed by atoms with Crippen molar-refractivity contribution >= 4 is 51.8 Å². The van der Waals surface area contributed by atoms with E-state index in [9.17, 15) is 9.59 Å². The van der Waals surface area contributed by atoms with Crippen molar-refractivity contribution in [2.24, 2.45) is 0 Å². The molecular weight excluding hydrogens is 508 g/mol. The van der Waals surface area contributed by atoms with Crippen LogP contribution in [-0.4, -0.2) is 36.2 Å². The lowest BCUT2D eigenvalue weighted by atomic mass is 10.1. The fraction of sp³-hybridized carbons (Fsp3) is 0.111. The van der Waals surface area contributed by atoms with Crippen molar-refractivity contribution in [1.29, 1.82) is 0 Å². The number of nitrogens with zero attached hydrogens (tertiary/aromatic N) is 2. The Morgan fingerprint density at radius 2 is 1.73 bits per heavy atom. The van der Waals surface area contributed by atoms with Crippen LogP contribution in [0.5, 0.6) is 11.5 Å². The molecule has 0 aliphatic heterocycles. The number of benzene rings is 3. The second-order valence-electron chi connectivity index (χ2n) is 7.61. The normalized spacial score (nSPS) is 10.8. The Morgan fingerprint density at radius 3 is 2.46 bits per heavy atom. The van der Waals surface area contributed by atoms with Crippen molar-refractivity contribution in [3.05, 3.63) is 95.6 Å². The summed E-state index contributed by atoms with van der Waals surface area (Å²) in [7, 11) is 3.11. The number of methoxy groups -OCH3 is 2. The highest BCUT2D eigenvalue weighted by molar-refractivity contribution is 8.00. The molecule has 1 heterocycles. The van der Waals surface area contributed by atoms with Gasteiger partial charge in [-0.15, -0.1) is 10.2 Å². The molecule has 10 heteroatoms. The van der Waals surface area contributed by atoms with Crippen LogP contribution in [0.3, 0.4) is 0 Å². The summed E-state index contributed by atoms with van der Waals surface area (Å²) < 4.78 is 11.3. The molecule has 37 heavy (non-hydrogen) atoms. The highest BCUT2D eigenvalue weighted by Crippen LogP contribution is 2.30. The summed E-state index contributed by atoms with van der Waals surface area (Å²) in [5.41, 5.74) is 3.01. The summed E-state index contributed by atoms with van der Waals surface area (Å²) in [6.45, 7) is 0. The monoisotopic (exact) mass is 532 g/mol. The minimum Gasteiger partial charge on any atom is -0.497 e. The van der Waals surface area contributed by atoms with E-state index in [-0.39, 0.29) is 11.8 Å². The number of amides is 2. The van der Waals surface area contributed by atoms with Crippen molar-refractivity contribution in [2.45, 2.75) is 10.1 Å². The highest BCUT2D eigenvalue weighted by atomic mass is 32.2. The fourth-order valence-corrected chi connectivity index (χ4v) is 4.92. The van der Waals surface area contributed by atoms with E-state index in [1.165, 1.54) is 29.2 Å². The molecule has 0 aliphatic rings. The SMILES string of the molecule is COc1ccc(OC)c(NC(=O)c2ccc(CSc3nnc(NC(=O)/C=C/c4ccccc4)s3)cc2)c1. The van der Waals surface area contributed by atoms with E-state index in [0.717, 1.165) is 15.5 Å². The maximum atomic E-state index is 12.7. The molecule has 0 fully saturated rings. The van der Waals surface area contributed by atoms with Crippen LogP contribution in [-0.2, 0) is 10.5 Å². The summed E-state index contributed by atoms with van der Waals surface area (Å²) in [6, 6.07) is 22.1. The molecule has 2 amide bonds. The zero-order valence-electron chi connectivity index (χ0n) is 20.1. The van der Waals surface area contributed by atoms with Crippen LogP contribution >= 0.6 is 23.1 Å². The van der Waals surface area contributed by atoms with E-state index in [4.69, 9.17) is 9.47 Å². The van der Waals surface area contributed by atoms with Crippen LogP contribution in [0.15, 0.2) is 83.2 Å². The number of anilines is 2. The first kappa shape index (κ1) is 25.9. The zero-order chi connectivity index (χ0) is 26.0. The third-order valence-corrected chi connectivity index (χ3v) is 7.14. The van der Waals surface area contributed by atoms with E-state index in [1.54, 1.807) is 50.6 Å². The van der Waals surface area contributed by atoms with Crippen LogP contribution in [0.1, 0.15) is 21.5 Å². The Hall–Kier alpha value is -4.15. The number of hydrogen-bond donors (Lipinski definition) is 2. The summed E-state index contributed by atoms with van der Waals surface area (Å²) in [4.78, 5) is 24.9. The molecule has 0 saturated heterocycles. The molecule has 0 radical (unpaired) electrons. The molecule has 3 aromatic carbocycles. The number of ether oxygens (including phenoxy) is 2. The van der Waals surface area contributed by atoms with E-state index in [2.05, 4.69) is 20.8 Å². The summed E-state index contributed by atoms with van der Waals surface area (Å²) in [5, 5.41) is 14.2. The quantitative estimate of drug-likeness (QED) is 0.152. The van der Waals surface area contributed by atoms with Crippen molar-refractivity contribution in [3.8, 4) is 11.5 Å². The fourth-order valence-electron chi connectivity index (χ4n) is 3.21. The van der Waals surface area contributed by atoms with Gasteiger partial charge >= 0.3 is 0 Å². The van der Waals surface area contributed by atoms with Gasteiger partial charge < -0.3 is 14.8 Å². The van der Waals surface area contributed by atoms with E-state index < -0.39 is 0 Å². The van der Waals surface area contributed by atoms with Gasteiger partial charge in [-0.05, 0) is 41.5 Å². The van der Waals surface area contributed by atoms with Gasteiger partial charge in [0, 0.05) is 23.5 Å². The van der Waals surface area contributed by atoms with Crippen molar-refractivity contribution in [2.75, 3.05) is 24.9 Å². The number of carbonyl (C=O) groups excluding carboxylic acids is 2. The van der Waals surface area contributed by atoms with Crippen LogP contribution < -0.4 is 20.1 Å². The van der Waals surface area contributed by atoms with Crippen molar-refractivity contribution < 1.29 is 19.1 Å². The number of thioether (sulfide) groups is 1. The van der Waals surface area contributed by atoms with Crippen LogP contribution in [0, 0.1) is 0 Å². The Kier molecular flexibility index (Phi) is 8.90. The van der Waals surface area contributed by atoms with Gasteiger partial charge in [0.1, 0.15) is 11.5 Å². The largest absolute Gasteiger partial charge is 0.497 e. The third-order valence-electron chi connectivity index (χ3n) is 5.10. The average Bonchev–Trinajstić information content (AvgIpc) is 3.38. The first-order valence-electron chi connectivity index (χ1n) is 11.2. The average molecular weight is 533 g/mol. The number of hydrogen-bond acceptors (Lipinski definition) is 8.